The fourth-order valence-electron chi connectivity index (χ4n) is 1.40. The summed E-state index contributed by atoms with van der Waals surface area (Å²) in [5.41, 5.74) is 0. The van der Waals surface area contributed by atoms with Crippen LogP contribution in [0.2, 0.25) is 0 Å². The van der Waals surface area contributed by atoms with Crippen LogP contribution < -0.4 is 0 Å². The van der Waals surface area contributed by atoms with Gasteiger partial charge in [-0.2, -0.15) is 0 Å². The average Bonchev–Trinajstić information content (AvgIpc) is 2.47. The topological polar surface area (TPSA) is 71.1 Å². The van der Waals surface area contributed by atoms with Crippen LogP contribution in [0.1, 0.15) is 52.9 Å². The number of unbranched alkanes of at least 4 members (excludes halogenated alkanes) is 3. The zero-order chi connectivity index (χ0) is 15.9. The quantitative estimate of drug-likeness (QED) is 0.407. The van der Waals surface area contributed by atoms with Gasteiger partial charge in [0.15, 0.2) is 6.10 Å². The van der Waals surface area contributed by atoms with Crippen molar-refractivity contribution in [3.63, 3.8) is 0 Å². The summed E-state index contributed by atoms with van der Waals surface area (Å²) < 4.78 is 19.8. The van der Waals surface area contributed by atoms with Crippen LogP contribution in [-0.2, 0) is 23.7 Å². The molecule has 0 amide bonds. The molecule has 0 aromatic carbocycles. The Kier molecular flexibility index (Phi) is 12.8. The molecule has 0 spiro atoms. The third-order valence-corrected chi connectivity index (χ3v) is 2.69. The van der Waals surface area contributed by atoms with E-state index in [0.717, 1.165) is 32.1 Å². The molecule has 0 saturated heterocycles. The van der Waals surface area contributed by atoms with Crippen molar-refractivity contribution in [3.8, 4) is 0 Å². The molecular formula is C15H28O6. The number of carbonyl (C=O) groups excluding carboxylic acids is 2. The van der Waals surface area contributed by atoms with Crippen LogP contribution in [0.15, 0.2) is 0 Å². The Bertz CT molecular complexity index is 279. The molecule has 6 heteroatoms. The van der Waals surface area contributed by atoms with E-state index in [4.69, 9.17) is 18.9 Å². The SMILES string of the molecule is CCCCCOC(=O)O[C@@H](C)C(=O)OCCOCCCC. The number of esters is 1. The molecule has 0 bridgehead atoms. The molecule has 0 N–H and O–H groups in total. The smallest absolute Gasteiger partial charge is 0.461 e. The first-order chi connectivity index (χ1) is 10.1. The highest BCUT2D eigenvalue weighted by molar-refractivity contribution is 5.76. The lowest BCUT2D eigenvalue weighted by atomic mass is 10.3. The highest BCUT2D eigenvalue weighted by Gasteiger charge is 2.19. The minimum atomic E-state index is -0.973. The fraction of sp³-hybridized carbons (Fsp3) is 0.867. The van der Waals surface area contributed by atoms with Crippen molar-refractivity contribution in [3.05, 3.63) is 0 Å². The maximum Gasteiger partial charge on any atom is 0.509 e. The summed E-state index contributed by atoms with van der Waals surface area (Å²) in [6, 6.07) is 0. The Morgan fingerprint density at radius 3 is 2.24 bits per heavy atom. The second-order valence-electron chi connectivity index (χ2n) is 4.70. The fourth-order valence-corrected chi connectivity index (χ4v) is 1.40. The molecule has 0 rings (SSSR count). The number of rotatable bonds is 12. The monoisotopic (exact) mass is 304 g/mol. The van der Waals surface area contributed by atoms with Crippen LogP contribution >= 0.6 is 0 Å². The molecular weight excluding hydrogens is 276 g/mol. The number of hydrogen-bond acceptors (Lipinski definition) is 6. The number of ether oxygens (including phenoxy) is 4. The number of hydrogen-bond donors (Lipinski definition) is 0. The van der Waals surface area contributed by atoms with Crippen LogP contribution in [-0.4, -0.2) is 44.7 Å². The van der Waals surface area contributed by atoms with Crippen LogP contribution in [0.4, 0.5) is 4.79 Å². The molecule has 0 aromatic heterocycles. The first-order valence-electron chi connectivity index (χ1n) is 7.69. The molecule has 1 atom stereocenters. The Morgan fingerprint density at radius 2 is 1.57 bits per heavy atom. The highest BCUT2D eigenvalue weighted by atomic mass is 16.7. The Morgan fingerprint density at radius 1 is 0.857 bits per heavy atom. The van der Waals surface area contributed by atoms with Gasteiger partial charge in [0, 0.05) is 6.61 Å². The summed E-state index contributed by atoms with van der Waals surface area (Å²) >= 11 is 0. The lowest BCUT2D eigenvalue weighted by Crippen LogP contribution is -2.27. The van der Waals surface area contributed by atoms with Gasteiger partial charge in [-0.1, -0.05) is 33.1 Å². The average molecular weight is 304 g/mol. The van der Waals surface area contributed by atoms with E-state index in [-0.39, 0.29) is 6.61 Å². The van der Waals surface area contributed by atoms with E-state index >= 15 is 0 Å². The largest absolute Gasteiger partial charge is 0.509 e. The Hall–Kier alpha value is -1.30. The second kappa shape index (κ2) is 13.7. The van der Waals surface area contributed by atoms with Gasteiger partial charge in [-0.15, -0.1) is 0 Å². The highest BCUT2D eigenvalue weighted by Crippen LogP contribution is 2.00. The van der Waals surface area contributed by atoms with Gasteiger partial charge in [0.2, 0.25) is 0 Å². The molecule has 6 nitrogen and oxygen atoms in total. The molecule has 0 aliphatic carbocycles. The van der Waals surface area contributed by atoms with Crippen LogP contribution in [0.5, 0.6) is 0 Å². The van der Waals surface area contributed by atoms with Crippen LogP contribution in [0.25, 0.3) is 0 Å². The molecule has 0 aliphatic rings. The summed E-state index contributed by atoms with van der Waals surface area (Å²) in [6.07, 6.45) is 3.06. The molecule has 21 heavy (non-hydrogen) atoms. The van der Waals surface area contributed by atoms with Crippen molar-refractivity contribution in [1.29, 1.82) is 0 Å². The van der Waals surface area contributed by atoms with E-state index in [1.54, 1.807) is 0 Å². The van der Waals surface area contributed by atoms with Gasteiger partial charge in [0.25, 0.3) is 0 Å². The van der Waals surface area contributed by atoms with Gasteiger partial charge in [0.05, 0.1) is 13.2 Å². The second-order valence-corrected chi connectivity index (χ2v) is 4.70. The van der Waals surface area contributed by atoms with Crippen molar-refractivity contribution in [1.82, 2.24) is 0 Å². The van der Waals surface area contributed by atoms with Crippen molar-refractivity contribution < 1.29 is 28.5 Å². The lowest BCUT2D eigenvalue weighted by Gasteiger charge is -2.12. The van der Waals surface area contributed by atoms with Crippen molar-refractivity contribution in [2.75, 3.05) is 26.4 Å². The summed E-state index contributed by atoms with van der Waals surface area (Å²) in [4.78, 5) is 22.8. The molecule has 0 unspecified atom stereocenters. The van der Waals surface area contributed by atoms with Crippen molar-refractivity contribution >= 4 is 12.1 Å². The summed E-state index contributed by atoms with van der Waals surface area (Å²) in [6.45, 7) is 7.05. The van der Waals surface area contributed by atoms with E-state index < -0.39 is 18.2 Å². The van der Waals surface area contributed by atoms with E-state index in [1.807, 2.05) is 0 Å². The van der Waals surface area contributed by atoms with Gasteiger partial charge in [-0.3, -0.25) is 0 Å². The third-order valence-electron chi connectivity index (χ3n) is 2.69. The Labute approximate surface area is 127 Å². The maximum absolute atomic E-state index is 11.5. The summed E-state index contributed by atoms with van der Waals surface area (Å²) in [7, 11) is 0. The van der Waals surface area contributed by atoms with Gasteiger partial charge < -0.3 is 18.9 Å². The van der Waals surface area contributed by atoms with E-state index in [0.29, 0.717) is 19.8 Å². The van der Waals surface area contributed by atoms with Gasteiger partial charge >= 0.3 is 12.1 Å². The van der Waals surface area contributed by atoms with Crippen LogP contribution in [0.3, 0.4) is 0 Å². The lowest BCUT2D eigenvalue weighted by molar-refractivity contribution is -0.155. The van der Waals surface area contributed by atoms with E-state index in [9.17, 15) is 9.59 Å². The third kappa shape index (κ3) is 12.2. The first kappa shape index (κ1) is 19.7. The zero-order valence-electron chi connectivity index (χ0n) is 13.4. The van der Waals surface area contributed by atoms with Gasteiger partial charge in [0.1, 0.15) is 6.61 Å². The predicted molar refractivity (Wildman–Crippen MR) is 78.1 cm³/mol. The summed E-state index contributed by atoms with van der Waals surface area (Å²) in [5.74, 6) is -0.598. The molecule has 0 heterocycles. The standard InChI is InChI=1S/C15H28O6/c1-4-6-8-10-20-15(17)21-13(3)14(16)19-12-11-18-9-7-5-2/h13H,4-12H2,1-3H3/t13-/m0/s1. The molecule has 0 aliphatic heterocycles. The van der Waals surface area contributed by atoms with E-state index in [1.165, 1.54) is 6.92 Å². The summed E-state index contributed by atoms with van der Waals surface area (Å²) in [5, 5.41) is 0. The molecule has 0 saturated carbocycles. The molecule has 0 fully saturated rings. The molecule has 0 radical (unpaired) electrons. The van der Waals surface area contributed by atoms with Crippen molar-refractivity contribution in [2.45, 2.75) is 59.0 Å². The minimum absolute atomic E-state index is 0.155. The molecule has 0 aromatic rings. The van der Waals surface area contributed by atoms with Crippen molar-refractivity contribution in [2.24, 2.45) is 0 Å². The predicted octanol–water partition coefficient (Wildman–Crippen LogP) is 3.08. The minimum Gasteiger partial charge on any atom is -0.461 e. The van der Waals surface area contributed by atoms with Gasteiger partial charge in [-0.05, 0) is 19.8 Å². The van der Waals surface area contributed by atoms with Crippen LogP contribution in [0, 0.1) is 0 Å². The van der Waals surface area contributed by atoms with E-state index in [2.05, 4.69) is 13.8 Å². The zero-order valence-corrected chi connectivity index (χ0v) is 13.4. The Balaban J connectivity index is 3.62. The normalized spacial score (nSPS) is 11.8. The maximum atomic E-state index is 11.5. The molecule has 124 valence electrons. The number of carbonyl (C=O) groups is 2. The van der Waals surface area contributed by atoms with Gasteiger partial charge in [-0.25, -0.2) is 9.59 Å². The first-order valence-corrected chi connectivity index (χ1v) is 7.69.